The van der Waals surface area contributed by atoms with Crippen LogP contribution in [-0.4, -0.2) is 62.8 Å². The van der Waals surface area contributed by atoms with Crippen molar-refractivity contribution in [1.82, 2.24) is 5.32 Å². The molecule has 0 aliphatic carbocycles. The molecule has 0 saturated carbocycles. The van der Waals surface area contributed by atoms with Gasteiger partial charge in [0.15, 0.2) is 0 Å². The van der Waals surface area contributed by atoms with Gasteiger partial charge >= 0.3 is 5.97 Å². The van der Waals surface area contributed by atoms with Crippen LogP contribution in [0.25, 0.3) is 0 Å². The maximum absolute atomic E-state index is 11.2. The van der Waals surface area contributed by atoms with Crippen molar-refractivity contribution in [3.63, 3.8) is 0 Å². The Kier molecular flexibility index (Phi) is 6.29. The summed E-state index contributed by atoms with van der Waals surface area (Å²) in [4.78, 5) is 22.4. The molecule has 9 nitrogen and oxygen atoms in total. The van der Waals surface area contributed by atoms with Crippen molar-refractivity contribution >= 4 is 22.0 Å². The summed E-state index contributed by atoms with van der Waals surface area (Å²) in [6, 6.07) is -0.758. The van der Waals surface area contributed by atoms with E-state index in [-0.39, 0.29) is 5.91 Å². The number of ether oxygens (including phenoxy) is 2. The molecule has 0 bridgehead atoms. The summed E-state index contributed by atoms with van der Waals surface area (Å²) in [5.74, 6) is -1.56. The summed E-state index contributed by atoms with van der Waals surface area (Å²) in [7, 11) is -3.71. The molecule has 1 fully saturated rings. The fraction of sp³-hybridized carbons (Fsp3) is 0.833. The first-order valence-electron chi connectivity index (χ1n) is 6.63. The molecule has 22 heavy (non-hydrogen) atoms. The molecule has 0 aromatic heterocycles. The van der Waals surface area contributed by atoms with Crippen LogP contribution in [0.15, 0.2) is 0 Å². The number of nitrogens with one attached hydrogen (secondary N) is 1. The number of aliphatic hydroxyl groups excluding tert-OH is 1. The zero-order chi connectivity index (χ0) is 17.1. The van der Waals surface area contributed by atoms with Crippen molar-refractivity contribution in [2.45, 2.75) is 45.3 Å². The van der Waals surface area contributed by atoms with Gasteiger partial charge in [-0.25, -0.2) is 0 Å². The summed E-state index contributed by atoms with van der Waals surface area (Å²) in [5, 5.41) is 12.7. The smallest absolute Gasteiger partial charge is 0.305 e. The normalized spacial score (nSPS) is 32.3. The second-order valence-corrected chi connectivity index (χ2v) is 6.86. The lowest BCUT2D eigenvalue weighted by atomic mass is 9.89. The second-order valence-electron chi connectivity index (χ2n) is 5.22. The minimum Gasteiger partial charge on any atom is -0.434 e. The van der Waals surface area contributed by atoms with Crippen LogP contribution in [0.2, 0.25) is 0 Å². The summed E-state index contributed by atoms with van der Waals surface area (Å²) >= 11 is 0. The summed E-state index contributed by atoms with van der Waals surface area (Å²) in [6.07, 6.45) is -2.40. The molecule has 10 heteroatoms. The maximum atomic E-state index is 11.2. The number of amides is 1. The zero-order valence-electron chi connectivity index (χ0n) is 12.8. The molecule has 0 spiro atoms. The van der Waals surface area contributed by atoms with Crippen LogP contribution in [0.4, 0.5) is 0 Å². The Bertz CT molecular complexity index is 519. The van der Waals surface area contributed by atoms with Gasteiger partial charge in [0.2, 0.25) is 12.2 Å². The molecule has 1 aliphatic heterocycles. The van der Waals surface area contributed by atoms with Gasteiger partial charge in [-0.3, -0.25) is 13.8 Å². The van der Waals surface area contributed by atoms with Gasteiger partial charge in [0.05, 0.1) is 25.0 Å². The molecule has 1 heterocycles. The van der Waals surface area contributed by atoms with Crippen LogP contribution in [0.1, 0.15) is 20.8 Å². The van der Waals surface area contributed by atoms with Crippen LogP contribution in [0.5, 0.6) is 0 Å². The molecule has 1 amide bonds. The van der Waals surface area contributed by atoms with E-state index >= 15 is 0 Å². The number of rotatable bonds is 5. The number of carbonyl (C=O) groups is 2. The maximum Gasteiger partial charge on any atom is 0.305 e. The number of aliphatic hydroxyl groups is 1. The summed E-state index contributed by atoms with van der Waals surface area (Å²) in [5.41, 5.74) is 0. The van der Waals surface area contributed by atoms with Crippen molar-refractivity contribution in [3.8, 4) is 0 Å². The Morgan fingerprint density at radius 3 is 2.36 bits per heavy atom. The monoisotopic (exact) mass is 339 g/mol. The Labute approximate surface area is 129 Å². The standard InChI is InChI=1S/C12H21NO8S/c1-6-10(13-7(2)14)12(20-8(3)15)21-9(11(6)16)5-19-22(4,17)18/h6,9-12,16H,5H2,1-4H3,(H,13,14). The summed E-state index contributed by atoms with van der Waals surface area (Å²) in [6.45, 7) is 3.65. The molecular weight excluding hydrogens is 318 g/mol. The highest BCUT2D eigenvalue weighted by Crippen LogP contribution is 2.27. The van der Waals surface area contributed by atoms with Gasteiger partial charge in [-0.05, 0) is 0 Å². The van der Waals surface area contributed by atoms with Crippen LogP contribution in [-0.2, 0) is 33.4 Å². The molecule has 1 rings (SSSR count). The van der Waals surface area contributed by atoms with E-state index in [1.54, 1.807) is 6.92 Å². The highest BCUT2D eigenvalue weighted by Gasteiger charge is 2.45. The number of hydrogen-bond donors (Lipinski definition) is 2. The van der Waals surface area contributed by atoms with E-state index in [2.05, 4.69) is 9.50 Å². The lowest BCUT2D eigenvalue weighted by molar-refractivity contribution is -0.248. The van der Waals surface area contributed by atoms with Crippen molar-refractivity contribution in [3.05, 3.63) is 0 Å². The van der Waals surface area contributed by atoms with E-state index in [4.69, 9.17) is 9.47 Å². The summed E-state index contributed by atoms with van der Waals surface area (Å²) < 4.78 is 37.1. The molecule has 128 valence electrons. The first-order chi connectivity index (χ1) is 10.0. The Hall–Kier alpha value is -1.23. The lowest BCUT2D eigenvalue weighted by Gasteiger charge is -2.42. The van der Waals surface area contributed by atoms with E-state index in [0.717, 1.165) is 6.26 Å². The molecular formula is C12H21NO8S. The van der Waals surface area contributed by atoms with E-state index in [9.17, 15) is 23.1 Å². The molecule has 2 N–H and O–H groups in total. The third-order valence-corrected chi connectivity index (χ3v) is 3.75. The number of carbonyl (C=O) groups excluding carboxylic acids is 2. The SMILES string of the molecule is CC(=O)NC1C(OC(C)=O)OC(COS(C)(=O)=O)C(O)C1C. The third kappa shape index (κ3) is 5.52. The quantitative estimate of drug-likeness (QED) is 0.470. The van der Waals surface area contributed by atoms with Crippen molar-refractivity contribution in [1.29, 1.82) is 0 Å². The number of hydrogen-bond acceptors (Lipinski definition) is 8. The Morgan fingerprint density at radius 1 is 1.32 bits per heavy atom. The highest BCUT2D eigenvalue weighted by molar-refractivity contribution is 7.85. The molecule has 0 aromatic rings. The zero-order valence-corrected chi connectivity index (χ0v) is 13.6. The van der Waals surface area contributed by atoms with Gasteiger partial charge in [0.1, 0.15) is 6.10 Å². The van der Waals surface area contributed by atoms with Crippen molar-refractivity contribution in [2.75, 3.05) is 12.9 Å². The van der Waals surface area contributed by atoms with E-state index < -0.39 is 53.2 Å². The first-order valence-corrected chi connectivity index (χ1v) is 8.45. The van der Waals surface area contributed by atoms with Crippen molar-refractivity contribution in [2.24, 2.45) is 5.92 Å². The van der Waals surface area contributed by atoms with Crippen LogP contribution < -0.4 is 5.32 Å². The average Bonchev–Trinajstić information content (AvgIpc) is 2.34. The molecule has 1 saturated heterocycles. The van der Waals surface area contributed by atoms with E-state index in [1.165, 1.54) is 13.8 Å². The van der Waals surface area contributed by atoms with Gasteiger partial charge in [-0.2, -0.15) is 8.42 Å². The number of esters is 1. The van der Waals surface area contributed by atoms with E-state index in [1.807, 2.05) is 0 Å². The topological polar surface area (TPSA) is 128 Å². The Morgan fingerprint density at radius 2 is 1.91 bits per heavy atom. The van der Waals surface area contributed by atoms with Gasteiger partial charge in [0.25, 0.3) is 10.1 Å². The van der Waals surface area contributed by atoms with Crippen molar-refractivity contribution < 1.29 is 36.8 Å². The molecule has 1 aliphatic rings. The second kappa shape index (κ2) is 7.36. The predicted octanol–water partition coefficient (Wildman–Crippen LogP) is -1.25. The minimum absolute atomic E-state index is 0.379. The lowest BCUT2D eigenvalue weighted by Crippen LogP contribution is -2.61. The fourth-order valence-electron chi connectivity index (χ4n) is 2.16. The minimum atomic E-state index is -3.71. The largest absolute Gasteiger partial charge is 0.434 e. The highest BCUT2D eigenvalue weighted by atomic mass is 32.2. The van der Waals surface area contributed by atoms with Gasteiger partial charge in [0, 0.05) is 19.8 Å². The molecule has 0 aromatic carbocycles. The predicted molar refractivity (Wildman–Crippen MR) is 74.0 cm³/mol. The van der Waals surface area contributed by atoms with Crippen LogP contribution in [0.3, 0.4) is 0 Å². The molecule has 5 unspecified atom stereocenters. The van der Waals surface area contributed by atoms with Crippen LogP contribution >= 0.6 is 0 Å². The van der Waals surface area contributed by atoms with Gasteiger partial charge < -0.3 is 19.9 Å². The van der Waals surface area contributed by atoms with E-state index in [0.29, 0.717) is 0 Å². The fourth-order valence-corrected chi connectivity index (χ4v) is 2.54. The first kappa shape index (κ1) is 18.8. The van der Waals surface area contributed by atoms with Gasteiger partial charge in [-0.15, -0.1) is 0 Å². The van der Waals surface area contributed by atoms with Crippen LogP contribution in [0, 0.1) is 5.92 Å². The Balaban J connectivity index is 2.88. The average molecular weight is 339 g/mol. The van der Waals surface area contributed by atoms with Gasteiger partial charge in [-0.1, -0.05) is 6.92 Å². The molecule has 0 radical (unpaired) electrons. The third-order valence-electron chi connectivity index (χ3n) is 3.19. The molecule has 5 atom stereocenters.